The largest absolute Gasteiger partial charge is 0.419 e. The first-order valence-electron chi connectivity index (χ1n) is 7.81. The Balaban J connectivity index is 1.71. The molecule has 0 aliphatic carbocycles. The molecule has 0 aliphatic heterocycles. The number of aromatic nitrogens is 6. The SMILES string of the molecule is Cc1nn(C)c(C)c1C(C)c1nnc(-c2cc3cccn3cn2)o1. The van der Waals surface area contributed by atoms with Crippen LogP contribution in [0.2, 0.25) is 0 Å². The van der Waals surface area contributed by atoms with Gasteiger partial charge in [-0.15, -0.1) is 10.2 Å². The van der Waals surface area contributed by atoms with Gasteiger partial charge in [-0.2, -0.15) is 5.10 Å². The standard InChI is InChI=1S/C17H18N6O/c1-10(15-11(2)21-22(4)12(15)3)16-19-20-17(24-16)14-8-13-6-5-7-23(13)9-18-14/h5-10H,1-4H3. The van der Waals surface area contributed by atoms with E-state index in [0.29, 0.717) is 17.5 Å². The van der Waals surface area contributed by atoms with Crippen molar-refractivity contribution < 1.29 is 4.42 Å². The Morgan fingerprint density at radius 3 is 2.79 bits per heavy atom. The maximum absolute atomic E-state index is 5.90. The minimum Gasteiger partial charge on any atom is -0.419 e. The Morgan fingerprint density at radius 2 is 2.04 bits per heavy atom. The fourth-order valence-corrected chi connectivity index (χ4v) is 3.11. The van der Waals surface area contributed by atoms with Gasteiger partial charge in [0.15, 0.2) is 0 Å². The molecular weight excluding hydrogens is 304 g/mol. The Labute approximate surface area is 139 Å². The molecule has 7 nitrogen and oxygen atoms in total. The van der Waals surface area contributed by atoms with Crippen molar-refractivity contribution >= 4 is 5.52 Å². The van der Waals surface area contributed by atoms with Gasteiger partial charge in [-0.3, -0.25) is 4.68 Å². The van der Waals surface area contributed by atoms with Crippen LogP contribution in [0.1, 0.15) is 35.7 Å². The zero-order chi connectivity index (χ0) is 16.8. The summed E-state index contributed by atoms with van der Waals surface area (Å²) in [7, 11) is 1.94. The third-order valence-electron chi connectivity index (χ3n) is 4.45. The number of hydrogen-bond donors (Lipinski definition) is 0. The average molecular weight is 322 g/mol. The van der Waals surface area contributed by atoms with Gasteiger partial charge in [0.05, 0.1) is 17.9 Å². The Kier molecular flexibility index (Phi) is 3.23. The van der Waals surface area contributed by atoms with E-state index < -0.39 is 0 Å². The van der Waals surface area contributed by atoms with Crippen molar-refractivity contribution in [1.82, 2.24) is 29.4 Å². The summed E-state index contributed by atoms with van der Waals surface area (Å²) in [6.07, 6.45) is 3.69. The highest BCUT2D eigenvalue weighted by atomic mass is 16.4. The van der Waals surface area contributed by atoms with Gasteiger partial charge in [-0.1, -0.05) is 0 Å². The summed E-state index contributed by atoms with van der Waals surface area (Å²) in [5, 5.41) is 12.9. The second-order valence-electron chi connectivity index (χ2n) is 5.99. The second kappa shape index (κ2) is 5.30. The highest BCUT2D eigenvalue weighted by Crippen LogP contribution is 2.29. The summed E-state index contributed by atoms with van der Waals surface area (Å²) < 4.78 is 9.71. The molecule has 0 aliphatic rings. The Bertz CT molecular complexity index is 1020. The molecular formula is C17H18N6O. The third kappa shape index (κ3) is 2.20. The van der Waals surface area contributed by atoms with E-state index in [1.54, 1.807) is 6.33 Å². The van der Waals surface area contributed by atoms with Crippen LogP contribution in [-0.2, 0) is 7.05 Å². The monoisotopic (exact) mass is 322 g/mol. The van der Waals surface area contributed by atoms with Crippen LogP contribution in [-0.4, -0.2) is 29.4 Å². The van der Waals surface area contributed by atoms with Gasteiger partial charge in [-0.05, 0) is 39.0 Å². The lowest BCUT2D eigenvalue weighted by molar-refractivity contribution is 0.488. The van der Waals surface area contributed by atoms with Gasteiger partial charge in [0.25, 0.3) is 5.89 Å². The van der Waals surface area contributed by atoms with Gasteiger partial charge < -0.3 is 8.82 Å². The summed E-state index contributed by atoms with van der Waals surface area (Å²) >= 11 is 0. The smallest absolute Gasteiger partial charge is 0.266 e. The summed E-state index contributed by atoms with van der Waals surface area (Å²) in [5.41, 5.74) is 4.92. The molecule has 0 amide bonds. The predicted molar refractivity (Wildman–Crippen MR) is 88.7 cm³/mol. The van der Waals surface area contributed by atoms with Crippen LogP contribution in [0.3, 0.4) is 0 Å². The van der Waals surface area contributed by atoms with E-state index in [-0.39, 0.29) is 5.92 Å². The molecule has 0 aromatic carbocycles. The topological polar surface area (TPSA) is 74.0 Å². The highest BCUT2D eigenvalue weighted by molar-refractivity contribution is 5.58. The molecule has 0 saturated heterocycles. The van der Waals surface area contributed by atoms with E-state index >= 15 is 0 Å². The van der Waals surface area contributed by atoms with E-state index in [0.717, 1.165) is 22.5 Å². The quantitative estimate of drug-likeness (QED) is 0.580. The van der Waals surface area contributed by atoms with Crippen molar-refractivity contribution in [2.75, 3.05) is 0 Å². The van der Waals surface area contributed by atoms with Crippen LogP contribution in [0.5, 0.6) is 0 Å². The van der Waals surface area contributed by atoms with Crippen LogP contribution in [0.25, 0.3) is 17.1 Å². The number of nitrogens with zero attached hydrogens (tertiary/aromatic N) is 6. The average Bonchev–Trinajstić information content (AvgIpc) is 3.27. The van der Waals surface area contributed by atoms with Gasteiger partial charge in [0, 0.05) is 30.0 Å². The summed E-state index contributed by atoms with van der Waals surface area (Å²) in [5.74, 6) is 0.984. The molecule has 4 aromatic rings. The van der Waals surface area contributed by atoms with Crippen molar-refractivity contribution in [1.29, 1.82) is 0 Å². The number of aryl methyl sites for hydroxylation is 2. The first kappa shape index (κ1) is 14.6. The lowest BCUT2D eigenvalue weighted by Crippen LogP contribution is -2.00. The second-order valence-corrected chi connectivity index (χ2v) is 5.99. The Hall–Kier alpha value is -2.96. The lowest BCUT2D eigenvalue weighted by Gasteiger charge is -2.07. The number of fused-ring (bicyclic) bond motifs is 1. The molecule has 0 saturated carbocycles. The normalized spacial score (nSPS) is 12.8. The molecule has 1 unspecified atom stereocenters. The molecule has 0 N–H and O–H groups in total. The first-order chi connectivity index (χ1) is 11.5. The minimum atomic E-state index is -0.0167. The van der Waals surface area contributed by atoms with Crippen molar-refractivity contribution in [3.05, 3.63) is 53.6 Å². The van der Waals surface area contributed by atoms with E-state index in [9.17, 15) is 0 Å². The number of rotatable bonds is 3. The van der Waals surface area contributed by atoms with E-state index in [2.05, 4.69) is 27.2 Å². The molecule has 122 valence electrons. The van der Waals surface area contributed by atoms with Crippen LogP contribution < -0.4 is 0 Å². The third-order valence-corrected chi connectivity index (χ3v) is 4.45. The van der Waals surface area contributed by atoms with E-state index in [1.165, 1.54) is 0 Å². The van der Waals surface area contributed by atoms with E-state index in [4.69, 9.17) is 4.42 Å². The van der Waals surface area contributed by atoms with Crippen molar-refractivity contribution in [2.45, 2.75) is 26.7 Å². The van der Waals surface area contributed by atoms with Gasteiger partial charge in [0.2, 0.25) is 5.89 Å². The molecule has 1 atom stereocenters. The lowest BCUT2D eigenvalue weighted by atomic mass is 9.99. The zero-order valence-corrected chi connectivity index (χ0v) is 14.1. The molecule has 0 spiro atoms. The fourth-order valence-electron chi connectivity index (χ4n) is 3.11. The summed E-state index contributed by atoms with van der Waals surface area (Å²) in [4.78, 5) is 4.38. The van der Waals surface area contributed by atoms with Crippen molar-refractivity contribution in [3.63, 3.8) is 0 Å². The fraction of sp³-hybridized carbons (Fsp3) is 0.294. The van der Waals surface area contributed by atoms with Crippen LogP contribution in [0.4, 0.5) is 0 Å². The van der Waals surface area contributed by atoms with Crippen LogP contribution in [0.15, 0.2) is 35.1 Å². The van der Waals surface area contributed by atoms with Gasteiger partial charge in [0.1, 0.15) is 5.69 Å². The molecule has 24 heavy (non-hydrogen) atoms. The maximum atomic E-state index is 5.90. The van der Waals surface area contributed by atoms with Crippen LogP contribution in [0, 0.1) is 13.8 Å². The van der Waals surface area contributed by atoms with Crippen molar-refractivity contribution in [2.24, 2.45) is 7.05 Å². The molecule has 4 heterocycles. The summed E-state index contributed by atoms with van der Waals surface area (Å²) in [6.45, 7) is 6.10. The number of hydrogen-bond acceptors (Lipinski definition) is 5. The van der Waals surface area contributed by atoms with Crippen LogP contribution >= 0.6 is 0 Å². The summed E-state index contributed by atoms with van der Waals surface area (Å²) in [6, 6.07) is 5.91. The van der Waals surface area contributed by atoms with Crippen molar-refractivity contribution in [3.8, 4) is 11.6 Å². The highest BCUT2D eigenvalue weighted by Gasteiger charge is 2.23. The van der Waals surface area contributed by atoms with Gasteiger partial charge in [-0.25, -0.2) is 4.98 Å². The van der Waals surface area contributed by atoms with Gasteiger partial charge >= 0.3 is 0 Å². The Morgan fingerprint density at radius 1 is 1.21 bits per heavy atom. The molecule has 4 rings (SSSR count). The molecule has 0 fully saturated rings. The zero-order valence-electron chi connectivity index (χ0n) is 14.1. The van der Waals surface area contributed by atoms with E-state index in [1.807, 2.05) is 54.4 Å². The molecule has 0 radical (unpaired) electrons. The minimum absolute atomic E-state index is 0.0167. The predicted octanol–water partition coefficient (Wildman–Crippen LogP) is 2.89. The molecule has 7 heteroatoms. The molecule has 0 bridgehead atoms. The maximum Gasteiger partial charge on any atom is 0.266 e. The molecule has 4 aromatic heterocycles. The first-order valence-corrected chi connectivity index (χ1v) is 7.81.